The van der Waals surface area contributed by atoms with Crippen LogP contribution in [-0.2, 0) is 0 Å². The van der Waals surface area contributed by atoms with Crippen molar-refractivity contribution in [1.82, 2.24) is 9.97 Å². The molecule has 0 radical (unpaired) electrons. The first-order chi connectivity index (χ1) is 11.5. The second-order valence-electron chi connectivity index (χ2n) is 5.55. The number of nitrogens with zero attached hydrogens (tertiary/aromatic N) is 3. The van der Waals surface area contributed by atoms with Gasteiger partial charge in [-0.3, -0.25) is 10.1 Å². The number of rotatable bonds is 4. The molecular weight excluding hydrogens is 311 g/mol. The van der Waals surface area contributed by atoms with Crippen molar-refractivity contribution in [2.45, 2.75) is 19.9 Å². The Morgan fingerprint density at radius 1 is 1.21 bits per heavy atom. The average molecular weight is 326 g/mol. The number of aromatic nitrogens is 2. The summed E-state index contributed by atoms with van der Waals surface area (Å²) in [7, 11) is 0. The number of nitrogens with one attached hydrogen (secondary N) is 1. The summed E-state index contributed by atoms with van der Waals surface area (Å²) in [5.41, 5.74) is 2.04. The van der Waals surface area contributed by atoms with Crippen LogP contribution in [-0.4, -0.2) is 14.9 Å². The van der Waals surface area contributed by atoms with E-state index in [9.17, 15) is 14.5 Å². The molecule has 0 aliphatic rings. The van der Waals surface area contributed by atoms with E-state index >= 15 is 0 Å². The summed E-state index contributed by atoms with van der Waals surface area (Å²) >= 11 is 0. The van der Waals surface area contributed by atoms with E-state index in [4.69, 9.17) is 0 Å². The van der Waals surface area contributed by atoms with Crippen molar-refractivity contribution in [2.24, 2.45) is 0 Å². The van der Waals surface area contributed by atoms with Gasteiger partial charge in [0.05, 0.1) is 16.5 Å². The monoisotopic (exact) mass is 326 g/mol. The summed E-state index contributed by atoms with van der Waals surface area (Å²) < 4.78 is 13.5. The molecule has 1 heterocycles. The van der Waals surface area contributed by atoms with Crippen molar-refractivity contribution in [3.8, 4) is 0 Å². The Labute approximate surface area is 137 Å². The zero-order valence-electron chi connectivity index (χ0n) is 13.2. The minimum atomic E-state index is -0.402. The molecule has 1 aromatic heterocycles. The van der Waals surface area contributed by atoms with Crippen LogP contribution < -0.4 is 5.32 Å². The summed E-state index contributed by atoms with van der Waals surface area (Å²) in [6, 6.07) is 9.11. The lowest BCUT2D eigenvalue weighted by atomic mass is 10.0. The lowest BCUT2D eigenvalue weighted by molar-refractivity contribution is -0.385. The number of fused-ring (bicyclic) bond motifs is 1. The van der Waals surface area contributed by atoms with Gasteiger partial charge in [-0.25, -0.2) is 14.4 Å². The second-order valence-corrected chi connectivity index (χ2v) is 5.55. The van der Waals surface area contributed by atoms with E-state index in [1.807, 2.05) is 13.0 Å². The van der Waals surface area contributed by atoms with Crippen LogP contribution in [0.4, 0.5) is 15.9 Å². The highest BCUT2D eigenvalue weighted by Crippen LogP contribution is 2.27. The fourth-order valence-corrected chi connectivity index (χ4v) is 2.52. The second kappa shape index (κ2) is 6.19. The minimum absolute atomic E-state index is 0.0692. The highest BCUT2D eigenvalue weighted by molar-refractivity contribution is 5.88. The number of nitro benzene ring substituents is 1. The van der Waals surface area contributed by atoms with E-state index in [-0.39, 0.29) is 17.5 Å². The Kier molecular flexibility index (Phi) is 4.07. The molecule has 3 rings (SSSR count). The maximum absolute atomic E-state index is 13.5. The first-order valence-corrected chi connectivity index (χ1v) is 7.37. The molecule has 0 saturated carbocycles. The quantitative estimate of drug-likeness (QED) is 0.575. The first-order valence-electron chi connectivity index (χ1n) is 7.37. The minimum Gasteiger partial charge on any atom is -0.363 e. The van der Waals surface area contributed by atoms with E-state index in [0.29, 0.717) is 22.3 Å². The zero-order valence-corrected chi connectivity index (χ0v) is 13.2. The Morgan fingerprint density at radius 2 is 2.00 bits per heavy atom. The van der Waals surface area contributed by atoms with Gasteiger partial charge in [0.2, 0.25) is 0 Å². The molecule has 1 unspecified atom stereocenters. The molecule has 2 aromatic carbocycles. The number of hydrogen-bond donors (Lipinski definition) is 1. The van der Waals surface area contributed by atoms with Gasteiger partial charge >= 0.3 is 0 Å². The molecule has 0 fully saturated rings. The summed E-state index contributed by atoms with van der Waals surface area (Å²) in [5, 5.41) is 14.8. The van der Waals surface area contributed by atoms with Gasteiger partial charge in [0.1, 0.15) is 18.0 Å². The molecule has 3 aromatic rings. The summed E-state index contributed by atoms with van der Waals surface area (Å²) in [6.45, 7) is 3.56. The van der Waals surface area contributed by atoms with E-state index < -0.39 is 4.92 Å². The molecule has 0 aliphatic carbocycles. The Balaban J connectivity index is 1.96. The molecule has 0 saturated heterocycles. The summed E-state index contributed by atoms with van der Waals surface area (Å²) in [4.78, 5) is 19.0. The molecule has 0 amide bonds. The summed E-state index contributed by atoms with van der Waals surface area (Å²) in [6.07, 6.45) is 1.40. The molecule has 7 heteroatoms. The number of benzene rings is 2. The molecular formula is C17H15FN4O2. The van der Waals surface area contributed by atoms with Gasteiger partial charge in [0.25, 0.3) is 5.69 Å². The molecule has 122 valence electrons. The number of halogens is 1. The third kappa shape index (κ3) is 3.01. The van der Waals surface area contributed by atoms with Crippen LogP contribution in [0.3, 0.4) is 0 Å². The van der Waals surface area contributed by atoms with Crippen LogP contribution in [0.1, 0.15) is 24.1 Å². The van der Waals surface area contributed by atoms with Crippen LogP contribution in [0.5, 0.6) is 0 Å². The normalized spacial score (nSPS) is 12.1. The zero-order chi connectivity index (χ0) is 17.3. The molecule has 1 N–H and O–H groups in total. The number of nitro groups is 1. The van der Waals surface area contributed by atoms with Crippen LogP contribution in [0.2, 0.25) is 0 Å². The van der Waals surface area contributed by atoms with Crippen LogP contribution >= 0.6 is 0 Å². The molecule has 6 nitrogen and oxygen atoms in total. The predicted molar refractivity (Wildman–Crippen MR) is 89.4 cm³/mol. The van der Waals surface area contributed by atoms with Crippen LogP contribution in [0.25, 0.3) is 10.9 Å². The van der Waals surface area contributed by atoms with Crippen molar-refractivity contribution < 1.29 is 9.31 Å². The largest absolute Gasteiger partial charge is 0.363 e. The van der Waals surface area contributed by atoms with Crippen LogP contribution in [0, 0.1) is 22.9 Å². The van der Waals surface area contributed by atoms with Gasteiger partial charge in [-0.2, -0.15) is 0 Å². The Morgan fingerprint density at radius 3 is 2.75 bits per heavy atom. The highest BCUT2D eigenvalue weighted by Gasteiger charge is 2.15. The summed E-state index contributed by atoms with van der Waals surface area (Å²) in [5.74, 6) is 0.106. The van der Waals surface area contributed by atoms with Gasteiger partial charge in [-0.1, -0.05) is 12.1 Å². The van der Waals surface area contributed by atoms with Crippen molar-refractivity contribution in [3.63, 3.8) is 0 Å². The number of anilines is 1. The fraction of sp³-hybridized carbons (Fsp3) is 0.176. The van der Waals surface area contributed by atoms with Gasteiger partial charge in [0, 0.05) is 17.0 Å². The van der Waals surface area contributed by atoms with E-state index in [2.05, 4.69) is 15.3 Å². The van der Waals surface area contributed by atoms with E-state index in [1.54, 1.807) is 19.1 Å². The Bertz CT molecular complexity index is 930. The van der Waals surface area contributed by atoms with Crippen molar-refractivity contribution >= 4 is 22.4 Å². The molecule has 0 spiro atoms. The van der Waals surface area contributed by atoms with Gasteiger partial charge in [0.15, 0.2) is 0 Å². The number of hydrogen-bond acceptors (Lipinski definition) is 5. The Hall–Kier alpha value is -3.09. The highest BCUT2D eigenvalue weighted by atomic mass is 19.1. The van der Waals surface area contributed by atoms with Gasteiger partial charge in [-0.15, -0.1) is 0 Å². The van der Waals surface area contributed by atoms with Crippen molar-refractivity contribution in [1.29, 1.82) is 0 Å². The van der Waals surface area contributed by atoms with Crippen molar-refractivity contribution in [3.05, 3.63) is 69.8 Å². The lowest BCUT2D eigenvalue weighted by Gasteiger charge is -2.16. The topological polar surface area (TPSA) is 81.0 Å². The molecule has 24 heavy (non-hydrogen) atoms. The molecule has 0 bridgehead atoms. The van der Waals surface area contributed by atoms with Crippen molar-refractivity contribution in [2.75, 3.05) is 5.32 Å². The predicted octanol–water partition coefficient (Wildman–Crippen LogP) is 4.16. The van der Waals surface area contributed by atoms with Gasteiger partial charge in [-0.05, 0) is 37.6 Å². The maximum Gasteiger partial charge on any atom is 0.272 e. The third-order valence-electron chi connectivity index (χ3n) is 3.88. The van der Waals surface area contributed by atoms with Crippen LogP contribution in [0.15, 0.2) is 42.7 Å². The fourth-order valence-electron chi connectivity index (χ4n) is 2.52. The SMILES string of the molecule is Cc1ccc(C(C)Nc2ncnc3ccc(F)cc23)cc1[N+](=O)[O-]. The third-order valence-corrected chi connectivity index (χ3v) is 3.88. The number of aryl methyl sites for hydroxylation is 1. The smallest absolute Gasteiger partial charge is 0.272 e. The van der Waals surface area contributed by atoms with E-state index in [1.165, 1.54) is 24.5 Å². The van der Waals surface area contributed by atoms with Gasteiger partial charge < -0.3 is 5.32 Å². The molecule has 1 atom stereocenters. The first kappa shape index (κ1) is 15.8. The standard InChI is InChI=1S/C17H15FN4O2/c1-10-3-4-12(7-16(10)22(23)24)11(2)21-17-14-8-13(18)5-6-15(14)19-9-20-17/h3-9,11H,1-2H3,(H,19,20,21). The maximum atomic E-state index is 13.5. The average Bonchev–Trinajstić information content (AvgIpc) is 2.55. The van der Waals surface area contributed by atoms with E-state index in [0.717, 1.165) is 5.56 Å². The molecule has 0 aliphatic heterocycles. The lowest BCUT2D eigenvalue weighted by Crippen LogP contribution is -2.09.